The minimum Gasteiger partial charge on any atom is -0.330 e. The van der Waals surface area contributed by atoms with Gasteiger partial charge in [0, 0.05) is 24.2 Å². The number of hydrogen-bond donors (Lipinski definition) is 1. The zero-order valence-electron chi connectivity index (χ0n) is 14.4. The lowest BCUT2D eigenvalue weighted by atomic mass is 9.99. The molecule has 0 unspecified atom stereocenters. The third-order valence-electron chi connectivity index (χ3n) is 4.69. The van der Waals surface area contributed by atoms with E-state index in [4.69, 9.17) is 5.73 Å². The number of carbonyl (C=O) groups is 1. The van der Waals surface area contributed by atoms with Crippen molar-refractivity contribution in [3.63, 3.8) is 0 Å². The average molecular weight is 395 g/mol. The topological polar surface area (TPSA) is 80.5 Å². The van der Waals surface area contributed by atoms with Gasteiger partial charge in [0.15, 0.2) is 5.78 Å². The van der Waals surface area contributed by atoms with Gasteiger partial charge in [0.2, 0.25) is 10.0 Å². The molecular formula is C19H23ClN2O3S. The second kappa shape index (κ2) is 8.77. The number of hydrogen-bond acceptors (Lipinski definition) is 4. The molecule has 26 heavy (non-hydrogen) atoms. The van der Waals surface area contributed by atoms with Gasteiger partial charge in [-0.15, -0.1) is 12.4 Å². The standard InChI is InChI=1S/C19H22N2O3S.ClH/c20-14-15-10-12-21(13-11-15)25(23,24)18-9-5-4-8-17(18)19(22)16-6-2-1-3-7-16;/h1-9,15H,10-14,20H2;1H. The number of carbonyl (C=O) groups excluding carboxylic acids is 1. The molecule has 1 saturated heterocycles. The van der Waals surface area contributed by atoms with Gasteiger partial charge in [0.25, 0.3) is 0 Å². The van der Waals surface area contributed by atoms with E-state index in [9.17, 15) is 13.2 Å². The Morgan fingerprint density at radius 2 is 1.58 bits per heavy atom. The van der Waals surface area contributed by atoms with Crippen molar-refractivity contribution in [1.82, 2.24) is 4.31 Å². The summed E-state index contributed by atoms with van der Waals surface area (Å²) < 4.78 is 27.6. The van der Waals surface area contributed by atoms with Crippen LogP contribution in [0.25, 0.3) is 0 Å². The number of nitrogens with zero attached hydrogens (tertiary/aromatic N) is 1. The van der Waals surface area contributed by atoms with Crippen LogP contribution in [0.2, 0.25) is 0 Å². The monoisotopic (exact) mass is 394 g/mol. The zero-order chi connectivity index (χ0) is 17.9. The van der Waals surface area contributed by atoms with Gasteiger partial charge in [-0.25, -0.2) is 8.42 Å². The molecule has 1 heterocycles. The third kappa shape index (κ3) is 4.15. The molecule has 0 aliphatic carbocycles. The number of rotatable bonds is 5. The van der Waals surface area contributed by atoms with Gasteiger partial charge in [-0.05, 0) is 37.4 Å². The predicted octanol–water partition coefficient (Wildman–Crippen LogP) is 2.70. The molecule has 0 radical (unpaired) electrons. The number of benzene rings is 2. The minimum atomic E-state index is -3.71. The summed E-state index contributed by atoms with van der Waals surface area (Å²) in [7, 11) is -3.71. The van der Waals surface area contributed by atoms with E-state index in [-0.39, 0.29) is 28.6 Å². The summed E-state index contributed by atoms with van der Waals surface area (Å²) in [5.41, 5.74) is 6.38. The summed E-state index contributed by atoms with van der Waals surface area (Å²) in [6.45, 7) is 1.47. The molecular weight excluding hydrogens is 372 g/mol. The number of sulfonamides is 1. The molecule has 7 heteroatoms. The summed E-state index contributed by atoms with van der Waals surface area (Å²) in [6.07, 6.45) is 1.51. The Labute approximate surface area is 160 Å². The van der Waals surface area contributed by atoms with Crippen LogP contribution in [0, 0.1) is 5.92 Å². The van der Waals surface area contributed by atoms with Crippen LogP contribution in [0.3, 0.4) is 0 Å². The number of ketones is 1. The molecule has 2 aromatic rings. The van der Waals surface area contributed by atoms with Gasteiger partial charge in [0.05, 0.1) is 4.90 Å². The lowest BCUT2D eigenvalue weighted by Crippen LogP contribution is -2.40. The van der Waals surface area contributed by atoms with E-state index in [0.717, 1.165) is 12.8 Å². The first-order valence-corrected chi connectivity index (χ1v) is 9.87. The van der Waals surface area contributed by atoms with Gasteiger partial charge in [-0.2, -0.15) is 4.31 Å². The second-order valence-electron chi connectivity index (χ2n) is 6.27. The maximum absolute atomic E-state index is 13.1. The van der Waals surface area contributed by atoms with Crippen LogP contribution in [0.1, 0.15) is 28.8 Å². The average Bonchev–Trinajstić information content (AvgIpc) is 2.68. The van der Waals surface area contributed by atoms with Crippen LogP contribution in [-0.2, 0) is 10.0 Å². The van der Waals surface area contributed by atoms with Gasteiger partial charge in [0.1, 0.15) is 0 Å². The summed E-state index contributed by atoms with van der Waals surface area (Å²) in [5.74, 6) is 0.0873. The summed E-state index contributed by atoms with van der Waals surface area (Å²) >= 11 is 0. The van der Waals surface area contributed by atoms with Crippen molar-refractivity contribution in [2.75, 3.05) is 19.6 Å². The molecule has 2 aromatic carbocycles. The largest absolute Gasteiger partial charge is 0.330 e. The first-order valence-electron chi connectivity index (χ1n) is 8.43. The molecule has 0 atom stereocenters. The molecule has 0 bridgehead atoms. The first-order chi connectivity index (χ1) is 12.0. The second-order valence-corrected chi connectivity index (χ2v) is 8.18. The first kappa shape index (κ1) is 20.6. The van der Waals surface area contributed by atoms with Crippen LogP contribution in [0.15, 0.2) is 59.5 Å². The third-order valence-corrected chi connectivity index (χ3v) is 6.65. The highest BCUT2D eigenvalue weighted by atomic mass is 35.5. The van der Waals surface area contributed by atoms with Crippen molar-refractivity contribution in [3.8, 4) is 0 Å². The van der Waals surface area contributed by atoms with E-state index < -0.39 is 10.0 Å². The van der Waals surface area contributed by atoms with Gasteiger partial charge in [-0.1, -0.05) is 42.5 Å². The van der Waals surface area contributed by atoms with Crippen LogP contribution >= 0.6 is 12.4 Å². The summed E-state index contributed by atoms with van der Waals surface area (Å²) in [5, 5.41) is 0. The zero-order valence-corrected chi connectivity index (χ0v) is 16.0. The Morgan fingerprint density at radius 3 is 2.19 bits per heavy atom. The normalized spacial score (nSPS) is 16.0. The summed E-state index contributed by atoms with van der Waals surface area (Å²) in [4.78, 5) is 12.9. The summed E-state index contributed by atoms with van der Waals surface area (Å²) in [6, 6.07) is 15.2. The fourth-order valence-electron chi connectivity index (χ4n) is 3.15. The minimum absolute atomic E-state index is 0. The van der Waals surface area contributed by atoms with Gasteiger partial charge < -0.3 is 5.73 Å². The Morgan fingerprint density at radius 1 is 1.00 bits per heavy atom. The molecule has 1 fully saturated rings. The molecule has 0 spiro atoms. The van der Waals surface area contributed by atoms with Crippen molar-refractivity contribution in [3.05, 3.63) is 65.7 Å². The molecule has 3 rings (SSSR count). The quantitative estimate of drug-likeness (QED) is 0.790. The van der Waals surface area contributed by atoms with E-state index in [1.54, 1.807) is 42.5 Å². The number of nitrogens with two attached hydrogens (primary N) is 1. The lowest BCUT2D eigenvalue weighted by Gasteiger charge is -2.31. The van der Waals surface area contributed by atoms with E-state index in [0.29, 0.717) is 31.1 Å². The number of halogens is 1. The van der Waals surface area contributed by atoms with Crippen molar-refractivity contribution in [2.45, 2.75) is 17.7 Å². The molecule has 140 valence electrons. The van der Waals surface area contributed by atoms with Crippen LogP contribution in [-0.4, -0.2) is 38.1 Å². The van der Waals surface area contributed by atoms with Gasteiger partial charge >= 0.3 is 0 Å². The fraction of sp³-hybridized carbons (Fsp3) is 0.316. The highest BCUT2D eigenvalue weighted by Crippen LogP contribution is 2.26. The lowest BCUT2D eigenvalue weighted by molar-refractivity contribution is 0.103. The Balaban J connectivity index is 0.00000243. The smallest absolute Gasteiger partial charge is 0.243 e. The highest BCUT2D eigenvalue weighted by molar-refractivity contribution is 7.89. The van der Waals surface area contributed by atoms with Crippen molar-refractivity contribution >= 4 is 28.2 Å². The van der Waals surface area contributed by atoms with E-state index in [1.165, 1.54) is 10.4 Å². The molecule has 5 nitrogen and oxygen atoms in total. The van der Waals surface area contributed by atoms with E-state index in [2.05, 4.69) is 0 Å². The molecule has 1 aliphatic rings. The molecule has 0 aromatic heterocycles. The Bertz CT molecular complexity index is 848. The Hall–Kier alpha value is -1.73. The SMILES string of the molecule is Cl.NCC1CCN(S(=O)(=O)c2ccccc2C(=O)c2ccccc2)CC1. The maximum atomic E-state index is 13.1. The molecule has 0 amide bonds. The van der Waals surface area contributed by atoms with Gasteiger partial charge in [-0.3, -0.25) is 4.79 Å². The molecule has 2 N–H and O–H groups in total. The van der Waals surface area contributed by atoms with E-state index >= 15 is 0 Å². The van der Waals surface area contributed by atoms with Crippen molar-refractivity contribution in [1.29, 1.82) is 0 Å². The molecule has 1 aliphatic heterocycles. The van der Waals surface area contributed by atoms with Crippen LogP contribution in [0.4, 0.5) is 0 Å². The number of piperidine rings is 1. The maximum Gasteiger partial charge on any atom is 0.243 e. The highest BCUT2D eigenvalue weighted by Gasteiger charge is 2.31. The molecule has 0 saturated carbocycles. The Kier molecular flexibility index (Phi) is 6.94. The van der Waals surface area contributed by atoms with Crippen LogP contribution < -0.4 is 5.73 Å². The van der Waals surface area contributed by atoms with Crippen LogP contribution in [0.5, 0.6) is 0 Å². The predicted molar refractivity (Wildman–Crippen MR) is 104 cm³/mol. The van der Waals surface area contributed by atoms with Crippen molar-refractivity contribution in [2.24, 2.45) is 11.7 Å². The fourth-order valence-corrected chi connectivity index (χ4v) is 4.81. The van der Waals surface area contributed by atoms with Crippen molar-refractivity contribution < 1.29 is 13.2 Å². The van der Waals surface area contributed by atoms with E-state index in [1.807, 2.05) is 6.07 Å².